The Hall–Kier alpha value is -1.17. The van der Waals surface area contributed by atoms with Crippen LogP contribution >= 0.6 is 0 Å². The number of fused-ring (bicyclic) bond motifs is 5. The quantitative estimate of drug-likeness (QED) is 0.231. The first-order chi connectivity index (χ1) is 20.6. The third-order valence-corrected chi connectivity index (χ3v) is 13.5. The summed E-state index contributed by atoms with van der Waals surface area (Å²) in [6.45, 7) is 15.8. The van der Waals surface area contributed by atoms with E-state index in [2.05, 4.69) is 40.7 Å². The van der Waals surface area contributed by atoms with Gasteiger partial charge >= 0.3 is 0 Å². The Morgan fingerprint density at radius 1 is 0.978 bits per heavy atom. The maximum Gasteiger partial charge on any atom is 0.187 e. The highest BCUT2D eigenvalue weighted by Gasteiger charge is 2.71. The molecule has 3 saturated carbocycles. The van der Waals surface area contributed by atoms with Crippen LogP contribution in [0.5, 0.6) is 0 Å². The molecule has 0 aromatic carbocycles. The van der Waals surface area contributed by atoms with Crippen molar-refractivity contribution in [1.82, 2.24) is 0 Å². The van der Waals surface area contributed by atoms with Crippen LogP contribution in [-0.2, 0) is 14.3 Å². The summed E-state index contributed by atoms with van der Waals surface area (Å²) in [5.41, 5.74) is -2.37. The minimum Gasteiger partial charge on any atom is -0.394 e. The van der Waals surface area contributed by atoms with Gasteiger partial charge < -0.3 is 40.1 Å². The lowest BCUT2D eigenvalue weighted by Crippen LogP contribution is -2.64. The highest BCUT2D eigenvalue weighted by atomic mass is 16.7. The second-order valence-electron chi connectivity index (χ2n) is 17.0. The zero-order valence-electron chi connectivity index (χ0n) is 28.5. The third-order valence-electron chi connectivity index (χ3n) is 13.5. The molecule has 1 heterocycles. The number of aliphatic hydroxyl groups excluding tert-OH is 4. The molecule has 5 rings (SSSR count). The molecule has 1 aliphatic heterocycles. The summed E-state index contributed by atoms with van der Waals surface area (Å²) >= 11 is 0. The average Bonchev–Trinajstić information content (AvgIpc) is 3.20. The van der Waals surface area contributed by atoms with Crippen molar-refractivity contribution in [2.75, 3.05) is 6.61 Å². The van der Waals surface area contributed by atoms with Gasteiger partial charge in [-0.25, -0.2) is 0 Å². The number of hydrogen-bond donors (Lipinski definition) is 6. The highest BCUT2D eigenvalue weighted by Crippen LogP contribution is 2.74. The summed E-state index contributed by atoms with van der Waals surface area (Å²) in [6, 6.07) is 0. The van der Waals surface area contributed by atoms with Gasteiger partial charge in [-0.15, -0.1) is 0 Å². The second kappa shape index (κ2) is 11.5. The second-order valence-corrected chi connectivity index (χ2v) is 17.0. The summed E-state index contributed by atoms with van der Waals surface area (Å²) in [6.07, 6.45) is 3.63. The van der Waals surface area contributed by atoms with Crippen molar-refractivity contribution in [3.8, 4) is 0 Å². The maximum absolute atomic E-state index is 14.6. The first kappa shape index (κ1) is 35.1. The molecule has 8 unspecified atom stereocenters. The van der Waals surface area contributed by atoms with Crippen LogP contribution in [0.3, 0.4) is 0 Å². The van der Waals surface area contributed by atoms with Crippen molar-refractivity contribution >= 4 is 5.78 Å². The number of carbonyl (C=O) groups excluding carboxylic acids is 1. The lowest BCUT2D eigenvalue weighted by Gasteiger charge is -2.65. The molecular weight excluding hydrogens is 576 g/mol. The van der Waals surface area contributed by atoms with E-state index in [9.17, 15) is 35.4 Å². The molecule has 0 aromatic heterocycles. The number of ether oxygens (including phenoxy) is 2. The zero-order chi connectivity index (χ0) is 33.5. The summed E-state index contributed by atoms with van der Waals surface area (Å²) in [5.74, 6) is 0.363. The fourth-order valence-electron chi connectivity index (χ4n) is 10.7. The third kappa shape index (κ3) is 5.41. The van der Waals surface area contributed by atoms with Gasteiger partial charge in [0.15, 0.2) is 6.29 Å². The molecule has 0 aromatic rings. The molecule has 9 heteroatoms. The number of hydrogen-bond acceptors (Lipinski definition) is 9. The summed E-state index contributed by atoms with van der Waals surface area (Å²) in [7, 11) is 0. The predicted octanol–water partition coefficient (Wildman–Crippen LogP) is 3.42. The minimum atomic E-state index is -1.50. The predicted molar refractivity (Wildman–Crippen MR) is 169 cm³/mol. The fraction of sp³-hybridized carbons (Fsp3) is 0.861. The van der Waals surface area contributed by atoms with Crippen molar-refractivity contribution in [3.05, 3.63) is 23.8 Å². The molecule has 256 valence electrons. The van der Waals surface area contributed by atoms with Crippen LogP contribution in [0.15, 0.2) is 23.8 Å². The largest absolute Gasteiger partial charge is 0.394 e. The van der Waals surface area contributed by atoms with Gasteiger partial charge in [-0.05, 0) is 87.9 Å². The van der Waals surface area contributed by atoms with Gasteiger partial charge in [0.1, 0.15) is 30.2 Å². The molecule has 5 aliphatic rings. The van der Waals surface area contributed by atoms with Crippen molar-refractivity contribution in [1.29, 1.82) is 0 Å². The Kier molecular flexibility index (Phi) is 8.96. The lowest BCUT2D eigenvalue weighted by molar-refractivity contribution is -0.319. The van der Waals surface area contributed by atoms with Gasteiger partial charge in [-0.1, -0.05) is 58.4 Å². The standard InChI is InChI=1S/C36H58O9/c1-31(2,42)15-9-16-35(7,43)23-14-17-33(5)24-12-10-20-21(36(24,8)25(38)18-34(23,33)6)11-13-26(32(20,3)4)45-30-29(41)28(40)27(39)22(19-37)44-30/h9-10,15,21-24,26-30,37,39-43H,11-14,16-19H2,1-8H3/b15-9+/t21?,22-,23?,24?,26?,27-,28+,29-,30+,33?,34?,35?,36?/m1/s1. The van der Waals surface area contributed by atoms with Crippen LogP contribution in [0.25, 0.3) is 0 Å². The van der Waals surface area contributed by atoms with E-state index in [1.54, 1.807) is 19.9 Å². The van der Waals surface area contributed by atoms with Gasteiger partial charge in [0.25, 0.3) is 0 Å². The molecule has 1 saturated heterocycles. The van der Waals surface area contributed by atoms with Gasteiger partial charge in [0, 0.05) is 17.3 Å². The average molecular weight is 635 g/mol. The van der Waals surface area contributed by atoms with Crippen LogP contribution in [-0.4, -0.2) is 91.0 Å². The van der Waals surface area contributed by atoms with E-state index in [-0.39, 0.29) is 40.5 Å². The molecule has 9 nitrogen and oxygen atoms in total. The smallest absolute Gasteiger partial charge is 0.187 e. The molecule has 4 fully saturated rings. The van der Waals surface area contributed by atoms with Crippen molar-refractivity contribution in [2.45, 2.75) is 148 Å². The molecule has 13 atom stereocenters. The number of rotatable bonds is 7. The SMILES string of the molecule is CC(C)(O)/C=C/CC(C)(O)C1CCC2(C)C3CC=C4C(CCC(O[C@@H]5O[C@H](CO)[C@@H](O)[C@H](O)[C@H]5O)C4(C)C)C3(C)C(=O)CC12C. The van der Waals surface area contributed by atoms with E-state index in [1.807, 2.05) is 13.0 Å². The molecule has 6 N–H and O–H groups in total. The monoisotopic (exact) mass is 634 g/mol. The Morgan fingerprint density at radius 3 is 2.27 bits per heavy atom. The Balaban J connectivity index is 1.41. The number of aliphatic hydroxyl groups is 6. The normalized spacial score (nSPS) is 47.9. The van der Waals surface area contributed by atoms with E-state index in [0.29, 0.717) is 19.3 Å². The number of ketones is 1. The van der Waals surface area contributed by atoms with E-state index < -0.39 is 59.3 Å². The Labute approximate surface area is 268 Å². The van der Waals surface area contributed by atoms with E-state index in [1.165, 1.54) is 5.57 Å². The van der Waals surface area contributed by atoms with Crippen molar-refractivity contribution in [3.63, 3.8) is 0 Å². The highest BCUT2D eigenvalue weighted by molar-refractivity contribution is 5.88. The number of allylic oxidation sites excluding steroid dienone is 1. The van der Waals surface area contributed by atoms with E-state index >= 15 is 0 Å². The minimum absolute atomic E-state index is 0.0315. The summed E-state index contributed by atoms with van der Waals surface area (Å²) < 4.78 is 12.0. The number of Topliss-reactive ketones (excluding diaryl/α,β-unsaturated/α-hetero) is 1. The van der Waals surface area contributed by atoms with Crippen LogP contribution < -0.4 is 0 Å². The Bertz CT molecular complexity index is 1200. The Morgan fingerprint density at radius 2 is 1.64 bits per heavy atom. The van der Waals surface area contributed by atoms with Crippen LogP contribution in [0.2, 0.25) is 0 Å². The molecule has 4 aliphatic carbocycles. The molecular formula is C36H58O9. The summed E-state index contributed by atoms with van der Waals surface area (Å²) in [5, 5.41) is 62.8. The van der Waals surface area contributed by atoms with Crippen LogP contribution in [0, 0.1) is 39.4 Å². The van der Waals surface area contributed by atoms with E-state index in [0.717, 1.165) is 25.7 Å². The first-order valence-electron chi connectivity index (χ1n) is 17.0. The molecule has 0 spiro atoms. The zero-order valence-corrected chi connectivity index (χ0v) is 28.5. The summed E-state index contributed by atoms with van der Waals surface area (Å²) in [4.78, 5) is 14.6. The molecule has 0 radical (unpaired) electrons. The fourth-order valence-corrected chi connectivity index (χ4v) is 10.7. The van der Waals surface area contributed by atoms with Crippen LogP contribution in [0.4, 0.5) is 0 Å². The molecule has 45 heavy (non-hydrogen) atoms. The van der Waals surface area contributed by atoms with Crippen molar-refractivity contribution < 1.29 is 44.9 Å². The lowest BCUT2D eigenvalue weighted by atomic mass is 9.38. The van der Waals surface area contributed by atoms with Gasteiger partial charge in [-0.2, -0.15) is 0 Å². The van der Waals surface area contributed by atoms with E-state index in [4.69, 9.17) is 9.47 Å². The number of carbonyl (C=O) groups is 1. The molecule has 0 bridgehead atoms. The van der Waals surface area contributed by atoms with Crippen LogP contribution in [0.1, 0.15) is 100 Å². The maximum atomic E-state index is 14.6. The topological polar surface area (TPSA) is 157 Å². The van der Waals surface area contributed by atoms with Gasteiger partial charge in [-0.3, -0.25) is 4.79 Å². The molecule has 0 amide bonds. The first-order valence-corrected chi connectivity index (χ1v) is 17.0. The van der Waals surface area contributed by atoms with Gasteiger partial charge in [0.05, 0.1) is 23.9 Å². The van der Waals surface area contributed by atoms with Crippen molar-refractivity contribution in [2.24, 2.45) is 39.4 Å². The van der Waals surface area contributed by atoms with Gasteiger partial charge in [0.2, 0.25) is 0 Å².